The van der Waals surface area contributed by atoms with Crippen LogP contribution in [0.25, 0.3) is 0 Å². The van der Waals surface area contributed by atoms with E-state index in [1.54, 1.807) is 12.5 Å². The lowest BCUT2D eigenvalue weighted by Crippen LogP contribution is -2.26. The van der Waals surface area contributed by atoms with E-state index in [1.165, 1.54) is 0 Å². The largest absolute Gasteiger partial charge is 0.491 e. The van der Waals surface area contributed by atoms with Crippen molar-refractivity contribution in [1.82, 2.24) is 14.9 Å². The monoisotopic (exact) mass is 363 g/mol. The second-order valence-corrected chi connectivity index (χ2v) is 6.86. The zero-order valence-electron chi connectivity index (χ0n) is 15.9. The maximum Gasteiger partial charge on any atom is 0.251 e. The molecule has 1 heterocycles. The molecular formula is C22H25N3O2. The Morgan fingerprint density at radius 3 is 2.37 bits per heavy atom. The molecule has 0 saturated carbocycles. The second-order valence-electron chi connectivity index (χ2n) is 6.86. The highest BCUT2D eigenvalue weighted by atomic mass is 16.5. The van der Waals surface area contributed by atoms with Crippen LogP contribution in [-0.2, 0) is 6.54 Å². The zero-order chi connectivity index (χ0) is 19.2. The van der Waals surface area contributed by atoms with Gasteiger partial charge in [-0.2, -0.15) is 0 Å². The van der Waals surface area contributed by atoms with E-state index in [-0.39, 0.29) is 18.1 Å². The molecule has 27 heavy (non-hydrogen) atoms. The fraction of sp³-hybridized carbons (Fsp3) is 0.273. The molecule has 1 N–H and O–H groups in total. The van der Waals surface area contributed by atoms with E-state index in [9.17, 15) is 4.79 Å². The molecule has 0 bridgehead atoms. The van der Waals surface area contributed by atoms with Crippen LogP contribution in [0, 0.1) is 0 Å². The molecule has 0 aliphatic rings. The number of carbonyl (C=O) groups excluding carboxylic acids is 1. The first-order valence-corrected chi connectivity index (χ1v) is 9.13. The van der Waals surface area contributed by atoms with Gasteiger partial charge >= 0.3 is 0 Å². The summed E-state index contributed by atoms with van der Waals surface area (Å²) >= 11 is 0. The van der Waals surface area contributed by atoms with Gasteiger partial charge in [-0.3, -0.25) is 4.79 Å². The molecule has 3 aromatic rings. The van der Waals surface area contributed by atoms with Crippen molar-refractivity contribution in [2.24, 2.45) is 0 Å². The second kappa shape index (κ2) is 8.54. The van der Waals surface area contributed by atoms with Crippen LogP contribution in [0.3, 0.4) is 0 Å². The number of carbonyl (C=O) groups is 1. The van der Waals surface area contributed by atoms with Gasteiger partial charge in [-0.25, -0.2) is 4.98 Å². The number of amides is 1. The molecule has 0 aliphatic heterocycles. The van der Waals surface area contributed by atoms with Crippen molar-refractivity contribution in [3.63, 3.8) is 0 Å². The number of benzene rings is 2. The summed E-state index contributed by atoms with van der Waals surface area (Å²) in [7, 11) is 0. The first-order chi connectivity index (χ1) is 13.0. The Labute approximate surface area is 160 Å². The third-order valence-corrected chi connectivity index (χ3v) is 4.24. The van der Waals surface area contributed by atoms with Crippen LogP contribution in [0.1, 0.15) is 48.3 Å². The summed E-state index contributed by atoms with van der Waals surface area (Å²) in [4.78, 5) is 16.6. The van der Waals surface area contributed by atoms with E-state index < -0.39 is 0 Å². The summed E-state index contributed by atoms with van der Waals surface area (Å²) in [5.74, 6) is 0.750. The van der Waals surface area contributed by atoms with E-state index in [4.69, 9.17) is 4.74 Å². The molecule has 3 rings (SSSR count). The van der Waals surface area contributed by atoms with Crippen LogP contribution in [-0.4, -0.2) is 21.6 Å². The fourth-order valence-corrected chi connectivity index (χ4v) is 2.82. The first kappa shape index (κ1) is 18.7. The molecule has 0 fully saturated rings. The summed E-state index contributed by atoms with van der Waals surface area (Å²) in [6, 6.07) is 15.4. The topological polar surface area (TPSA) is 56.1 Å². The van der Waals surface area contributed by atoms with Crippen molar-refractivity contribution >= 4 is 5.91 Å². The van der Waals surface area contributed by atoms with Crippen LogP contribution in [0.5, 0.6) is 5.75 Å². The number of hydrogen-bond acceptors (Lipinski definition) is 3. The van der Waals surface area contributed by atoms with Crippen LogP contribution in [0.15, 0.2) is 67.3 Å². The molecule has 0 aliphatic carbocycles. The lowest BCUT2D eigenvalue weighted by atomic mass is 10.1. The molecule has 0 radical (unpaired) electrons. The molecular weight excluding hydrogens is 338 g/mol. The summed E-state index contributed by atoms with van der Waals surface area (Å²) in [5.41, 5.74) is 2.81. The standard InChI is InChI=1S/C22H25N3O2/c1-16(2)27-21-10-8-19(9-11-21)17(3)24-22(26)20-6-4-18(5-7-20)14-25-13-12-23-15-25/h4-13,15-17H,14H2,1-3H3,(H,24,26)/t17-/m1/s1. The highest BCUT2D eigenvalue weighted by Gasteiger charge is 2.12. The SMILES string of the molecule is CC(C)Oc1ccc([C@@H](C)NC(=O)c2ccc(Cn3ccnc3)cc2)cc1. The normalized spacial score (nSPS) is 12.0. The molecule has 0 spiro atoms. The van der Waals surface area contributed by atoms with Gasteiger partial charge in [0.15, 0.2) is 0 Å². The Morgan fingerprint density at radius 1 is 1.07 bits per heavy atom. The Balaban J connectivity index is 1.59. The number of nitrogens with one attached hydrogen (secondary N) is 1. The third kappa shape index (κ3) is 5.20. The Hall–Kier alpha value is -3.08. The highest BCUT2D eigenvalue weighted by molar-refractivity contribution is 5.94. The van der Waals surface area contributed by atoms with Crippen LogP contribution < -0.4 is 10.1 Å². The van der Waals surface area contributed by atoms with Gasteiger partial charge in [-0.05, 0) is 56.2 Å². The minimum Gasteiger partial charge on any atom is -0.491 e. The van der Waals surface area contributed by atoms with Crippen LogP contribution in [0.4, 0.5) is 0 Å². The van der Waals surface area contributed by atoms with E-state index in [0.717, 1.165) is 23.4 Å². The predicted octanol–water partition coefficient (Wildman–Crippen LogP) is 4.21. The lowest BCUT2D eigenvalue weighted by Gasteiger charge is -2.16. The number of rotatable bonds is 7. The molecule has 1 atom stereocenters. The van der Waals surface area contributed by atoms with E-state index >= 15 is 0 Å². The van der Waals surface area contributed by atoms with Crippen molar-refractivity contribution in [1.29, 1.82) is 0 Å². The molecule has 5 nitrogen and oxygen atoms in total. The van der Waals surface area contributed by atoms with Gasteiger partial charge in [-0.1, -0.05) is 24.3 Å². The van der Waals surface area contributed by atoms with E-state index in [1.807, 2.05) is 80.1 Å². The van der Waals surface area contributed by atoms with Crippen molar-refractivity contribution in [3.05, 3.63) is 83.9 Å². The summed E-state index contributed by atoms with van der Waals surface area (Å²) < 4.78 is 7.64. The summed E-state index contributed by atoms with van der Waals surface area (Å²) in [5, 5.41) is 3.04. The number of nitrogens with zero attached hydrogens (tertiary/aromatic N) is 2. The Kier molecular flexibility index (Phi) is 5.91. The maximum absolute atomic E-state index is 12.5. The van der Waals surface area contributed by atoms with Gasteiger partial charge in [-0.15, -0.1) is 0 Å². The van der Waals surface area contributed by atoms with Gasteiger partial charge in [0.1, 0.15) is 5.75 Å². The molecule has 2 aromatic carbocycles. The first-order valence-electron chi connectivity index (χ1n) is 9.13. The fourth-order valence-electron chi connectivity index (χ4n) is 2.82. The highest BCUT2D eigenvalue weighted by Crippen LogP contribution is 2.19. The molecule has 140 valence electrons. The number of imidazole rings is 1. The minimum atomic E-state index is -0.0868. The van der Waals surface area contributed by atoms with Gasteiger partial charge in [0, 0.05) is 24.5 Å². The van der Waals surface area contributed by atoms with E-state index in [2.05, 4.69) is 10.3 Å². The summed E-state index contributed by atoms with van der Waals surface area (Å²) in [6.07, 6.45) is 5.59. The average molecular weight is 363 g/mol. The molecule has 1 amide bonds. The molecule has 0 unspecified atom stereocenters. The van der Waals surface area contributed by atoms with Crippen molar-refractivity contribution in [2.45, 2.75) is 39.5 Å². The molecule has 5 heteroatoms. The van der Waals surface area contributed by atoms with Crippen molar-refractivity contribution in [2.75, 3.05) is 0 Å². The molecule has 0 saturated heterocycles. The van der Waals surface area contributed by atoms with Crippen LogP contribution in [0.2, 0.25) is 0 Å². The zero-order valence-corrected chi connectivity index (χ0v) is 15.9. The number of ether oxygens (including phenoxy) is 1. The summed E-state index contributed by atoms with van der Waals surface area (Å²) in [6.45, 7) is 6.71. The third-order valence-electron chi connectivity index (χ3n) is 4.24. The number of hydrogen-bond donors (Lipinski definition) is 1. The van der Waals surface area contributed by atoms with Gasteiger partial charge in [0.2, 0.25) is 0 Å². The minimum absolute atomic E-state index is 0.0841. The quantitative estimate of drug-likeness (QED) is 0.684. The van der Waals surface area contributed by atoms with Crippen LogP contribution >= 0.6 is 0 Å². The van der Waals surface area contributed by atoms with Crippen molar-refractivity contribution in [3.8, 4) is 5.75 Å². The maximum atomic E-state index is 12.5. The Bertz CT molecular complexity index is 854. The Morgan fingerprint density at radius 2 is 1.78 bits per heavy atom. The molecule has 1 aromatic heterocycles. The van der Waals surface area contributed by atoms with Gasteiger partial charge in [0.05, 0.1) is 18.5 Å². The average Bonchev–Trinajstić information content (AvgIpc) is 3.15. The predicted molar refractivity (Wildman–Crippen MR) is 106 cm³/mol. The lowest BCUT2D eigenvalue weighted by molar-refractivity contribution is 0.0940. The smallest absolute Gasteiger partial charge is 0.251 e. The van der Waals surface area contributed by atoms with Gasteiger partial charge in [0.25, 0.3) is 5.91 Å². The van der Waals surface area contributed by atoms with E-state index in [0.29, 0.717) is 5.56 Å². The van der Waals surface area contributed by atoms with Crippen molar-refractivity contribution < 1.29 is 9.53 Å². The number of aromatic nitrogens is 2. The van der Waals surface area contributed by atoms with Gasteiger partial charge < -0.3 is 14.6 Å².